The summed E-state index contributed by atoms with van der Waals surface area (Å²) in [5.41, 5.74) is 2.10. The maximum Gasteiger partial charge on any atom is 0.417 e. The number of likely N-dealkylation sites (N-methyl/N-ethyl adjacent to an activating group) is 1. The van der Waals surface area contributed by atoms with Crippen LogP contribution in [0.25, 0.3) is 21.6 Å². The first-order chi connectivity index (χ1) is 44.3. The topological polar surface area (TPSA) is 227 Å². The number of aromatic amines is 1. The van der Waals surface area contributed by atoms with Gasteiger partial charge in [0.15, 0.2) is 5.67 Å². The van der Waals surface area contributed by atoms with Gasteiger partial charge >= 0.3 is 6.18 Å². The van der Waals surface area contributed by atoms with E-state index in [1.807, 2.05) is 78.4 Å². The number of anilines is 2. The van der Waals surface area contributed by atoms with E-state index in [9.17, 15) is 56.2 Å². The van der Waals surface area contributed by atoms with Gasteiger partial charge in [-0.2, -0.15) is 13.2 Å². The number of likely N-dealkylation sites (tertiary alicyclic amines) is 3. The Morgan fingerprint density at radius 3 is 2.12 bits per heavy atom. The molecule has 93 heavy (non-hydrogen) atoms. The van der Waals surface area contributed by atoms with Crippen molar-refractivity contribution in [3.05, 3.63) is 123 Å². The average Bonchev–Trinajstić information content (AvgIpc) is 1.77. The molecular weight excluding hydrogens is 1220 g/mol. The number of benzene rings is 3. The lowest BCUT2D eigenvalue weighted by molar-refractivity contribution is -0.145. The first-order valence-corrected chi connectivity index (χ1v) is 33.3. The van der Waals surface area contributed by atoms with E-state index in [0.29, 0.717) is 81.9 Å². The molecular formula is C68H84F4N12O8S. The lowest BCUT2D eigenvalue weighted by atomic mass is 9.85. The summed E-state index contributed by atoms with van der Waals surface area (Å²) in [6.07, 6.45) is -2.16. The molecule has 0 bridgehead atoms. The first kappa shape index (κ1) is 66.9. The lowest BCUT2D eigenvalue weighted by Crippen LogP contribution is -2.59. The molecule has 6 amide bonds. The van der Waals surface area contributed by atoms with Crippen LogP contribution in [0.5, 0.6) is 0 Å². The molecule has 5 saturated heterocycles. The number of hydrogen-bond donors (Lipinski definition) is 5. The molecule has 3 aromatic carbocycles. The average molecular weight is 1310 g/mol. The van der Waals surface area contributed by atoms with Crippen molar-refractivity contribution in [3.8, 4) is 21.6 Å². The van der Waals surface area contributed by atoms with Gasteiger partial charge in [-0.1, -0.05) is 69.3 Å². The van der Waals surface area contributed by atoms with Crippen LogP contribution in [0.1, 0.15) is 111 Å². The molecule has 1 saturated carbocycles. The second kappa shape index (κ2) is 27.8. The Hall–Kier alpha value is -7.58. The number of carbonyl (C=O) groups excluding carboxylic acids is 6. The maximum absolute atomic E-state index is 14.9. The SMILES string of the molecule is Cc1ncsc1-c1ccc([C@H](CC(=O)N2CCC(N3CCC(C(=O)N4CCN(Cc5cccc(-c6ccc(N7CCN(C)CC7)c(NC(=O)c7c[nH]c(=O)cc7C(F)(F)F)c6)c5)CC4)CC3)CC2)NC(=O)[C@@H]2C[C@@H](O)CN2C(=O)[C@@H](NC(=O)C2(F)CC2)C(C)(C)C)cc1. The van der Waals surface area contributed by atoms with Gasteiger partial charge in [-0.05, 0) is 117 Å². The van der Waals surface area contributed by atoms with Gasteiger partial charge in [-0.25, -0.2) is 9.37 Å². The maximum atomic E-state index is 14.9. The number of nitrogens with one attached hydrogen (secondary N) is 4. The number of piperazine rings is 2. The van der Waals surface area contributed by atoms with E-state index in [-0.39, 0.29) is 56.0 Å². The van der Waals surface area contributed by atoms with Crippen molar-refractivity contribution >= 4 is 58.2 Å². The van der Waals surface area contributed by atoms with E-state index in [4.69, 9.17) is 0 Å². The number of pyridine rings is 1. The third-order valence-corrected chi connectivity index (χ3v) is 20.5. The first-order valence-electron chi connectivity index (χ1n) is 32.4. The van der Waals surface area contributed by atoms with Gasteiger partial charge in [-0.15, -0.1) is 11.3 Å². The van der Waals surface area contributed by atoms with Crippen LogP contribution in [0.15, 0.2) is 89.3 Å². The second-order valence-corrected chi connectivity index (χ2v) is 28.0. The molecule has 6 aliphatic rings. The fourth-order valence-corrected chi connectivity index (χ4v) is 14.5. The predicted octanol–water partition coefficient (Wildman–Crippen LogP) is 7.09. The molecule has 20 nitrogen and oxygen atoms in total. The quantitative estimate of drug-likeness (QED) is 0.0587. The Morgan fingerprint density at radius 1 is 0.796 bits per heavy atom. The van der Waals surface area contributed by atoms with Gasteiger partial charge in [0, 0.05) is 109 Å². The minimum absolute atomic E-state index is 0.0593. The summed E-state index contributed by atoms with van der Waals surface area (Å²) in [5.74, 6) is -3.07. The Bertz CT molecular complexity index is 3620. The number of aliphatic hydroxyl groups excluding tert-OH is 1. The largest absolute Gasteiger partial charge is 0.417 e. The van der Waals surface area contributed by atoms with Crippen LogP contribution in [-0.4, -0.2) is 202 Å². The van der Waals surface area contributed by atoms with Crippen molar-refractivity contribution in [2.24, 2.45) is 11.3 Å². The minimum Gasteiger partial charge on any atom is -0.391 e. The van der Waals surface area contributed by atoms with E-state index >= 15 is 0 Å². The van der Waals surface area contributed by atoms with Gasteiger partial charge in [-0.3, -0.25) is 38.5 Å². The third kappa shape index (κ3) is 15.7. The van der Waals surface area contributed by atoms with Crippen LogP contribution < -0.4 is 26.4 Å². The zero-order chi connectivity index (χ0) is 66.1. The number of alkyl halides is 4. The van der Waals surface area contributed by atoms with Crippen LogP contribution in [-0.2, 0) is 36.7 Å². The molecule has 1 aliphatic carbocycles. The van der Waals surface area contributed by atoms with Gasteiger partial charge in [0.25, 0.3) is 11.8 Å². The highest BCUT2D eigenvalue weighted by Gasteiger charge is 2.54. The number of aromatic nitrogens is 2. The summed E-state index contributed by atoms with van der Waals surface area (Å²) in [5, 5.41) is 19.4. The second-order valence-electron chi connectivity index (χ2n) is 27.1. The molecule has 6 fully saturated rings. The number of piperidine rings is 2. The number of aliphatic hydroxyl groups is 1. The van der Waals surface area contributed by atoms with Crippen molar-refractivity contribution in [1.29, 1.82) is 0 Å². The zero-order valence-corrected chi connectivity index (χ0v) is 54.2. The molecule has 2 aromatic heterocycles. The van der Waals surface area contributed by atoms with Gasteiger partial charge in [0.05, 0.1) is 57.1 Å². The smallest absolute Gasteiger partial charge is 0.391 e. The van der Waals surface area contributed by atoms with Gasteiger partial charge in [0.1, 0.15) is 12.1 Å². The molecule has 5 aliphatic heterocycles. The number of thiazole rings is 1. The Labute approximate surface area is 543 Å². The monoisotopic (exact) mass is 1300 g/mol. The third-order valence-electron chi connectivity index (χ3n) is 19.5. The standard InChI is InChI=1S/C68H84F4N12O8S/c1-42-59(93-41-74-42)45-11-9-44(10-12-45)53(75-62(89)56-35-50(85)40-84(56)64(91)60(66(2,3)4)77-65(92)67(69)19-20-67)37-58(87)82-23-17-49(18-24-82)80-21-15-46(16-22-80)63(90)83-31-27-79(28-32-83)39-43-7-6-8-47(33-43)48-13-14-55(81-29-25-78(5)26-30-81)54(34-48)76-61(88)51-38-73-57(86)36-52(51)68(70,71)72/h6-14,33-34,36,38,41,46,49-50,53,56,60,85H,15-32,35,37,39-40H2,1-5H3,(H,73,86)(H,75,89)(H,76,88)(H,77,92)/t50-,53+,56+,60-/m1/s1. The Kier molecular flexibility index (Phi) is 20.0. The summed E-state index contributed by atoms with van der Waals surface area (Å²) < 4.78 is 57.0. The van der Waals surface area contributed by atoms with E-state index in [0.717, 1.165) is 90.9 Å². The molecule has 5 N–H and O–H groups in total. The number of hydrogen-bond acceptors (Lipinski definition) is 14. The highest BCUT2D eigenvalue weighted by Crippen LogP contribution is 2.41. The van der Waals surface area contributed by atoms with E-state index in [1.54, 1.807) is 32.3 Å². The summed E-state index contributed by atoms with van der Waals surface area (Å²) in [6, 6.07) is 18.8. The molecule has 4 atom stereocenters. The minimum atomic E-state index is -4.93. The van der Waals surface area contributed by atoms with Crippen molar-refractivity contribution in [2.75, 3.05) is 102 Å². The summed E-state index contributed by atoms with van der Waals surface area (Å²) in [6.45, 7) is 15.6. The molecule has 7 heterocycles. The molecule has 5 aromatic rings. The predicted molar refractivity (Wildman–Crippen MR) is 346 cm³/mol. The lowest BCUT2D eigenvalue weighted by Gasteiger charge is -2.43. The van der Waals surface area contributed by atoms with E-state index < -0.39 is 81.8 Å². The van der Waals surface area contributed by atoms with Crippen molar-refractivity contribution in [3.63, 3.8) is 0 Å². The Morgan fingerprint density at radius 2 is 1.47 bits per heavy atom. The highest BCUT2D eigenvalue weighted by molar-refractivity contribution is 7.13. The molecule has 11 rings (SSSR count). The van der Waals surface area contributed by atoms with Crippen LogP contribution >= 0.6 is 11.3 Å². The number of aryl methyl sites for hydroxylation is 1. The summed E-state index contributed by atoms with van der Waals surface area (Å²) in [4.78, 5) is 117. The van der Waals surface area contributed by atoms with Gasteiger partial charge < -0.3 is 55.4 Å². The Balaban J connectivity index is 0.668. The number of H-pyrrole nitrogens is 1. The van der Waals surface area contributed by atoms with E-state index in [1.165, 1.54) is 16.2 Å². The number of rotatable bonds is 17. The van der Waals surface area contributed by atoms with Crippen LogP contribution in [0.2, 0.25) is 0 Å². The molecule has 0 radical (unpaired) electrons. The molecule has 0 spiro atoms. The fourth-order valence-electron chi connectivity index (χ4n) is 13.7. The number of halogens is 4. The number of nitrogens with zero attached hydrogens (tertiary/aromatic N) is 8. The van der Waals surface area contributed by atoms with Crippen LogP contribution in [0.4, 0.5) is 28.9 Å². The number of carbonyl (C=O) groups is 6. The summed E-state index contributed by atoms with van der Waals surface area (Å²) >= 11 is 1.51. The number of amides is 6. The van der Waals surface area contributed by atoms with Crippen LogP contribution in [0, 0.1) is 18.3 Å². The molecule has 0 unspecified atom stereocenters. The van der Waals surface area contributed by atoms with Crippen molar-refractivity contribution in [2.45, 2.75) is 128 Å². The highest BCUT2D eigenvalue weighted by atomic mass is 32.1. The van der Waals surface area contributed by atoms with Gasteiger partial charge in [0.2, 0.25) is 29.2 Å². The number of β-amino-alcohol motifs (C(OH)–C–C–N with tert-alkyl or cyclic N) is 1. The molecule has 25 heteroatoms. The summed E-state index contributed by atoms with van der Waals surface area (Å²) in [7, 11) is 2.01. The fraction of sp³-hybridized carbons (Fsp3) is 0.529. The normalized spacial score (nSPS) is 21.1. The van der Waals surface area contributed by atoms with Crippen LogP contribution in [0.3, 0.4) is 0 Å². The molecule has 498 valence electrons. The van der Waals surface area contributed by atoms with Crippen molar-refractivity contribution < 1.29 is 51.4 Å². The zero-order valence-electron chi connectivity index (χ0n) is 53.4. The van der Waals surface area contributed by atoms with E-state index in [2.05, 4.69) is 51.6 Å². The van der Waals surface area contributed by atoms with Crippen molar-refractivity contribution in [1.82, 2.24) is 50.0 Å².